The molecule has 2 aliphatic heterocycles. The molecule has 2 aliphatic rings. The number of hydrogen-bond donors (Lipinski definition) is 1. The Morgan fingerprint density at radius 2 is 1.82 bits per heavy atom. The highest BCUT2D eigenvalue weighted by Gasteiger charge is 2.56. The molecule has 28 heavy (non-hydrogen) atoms. The van der Waals surface area contributed by atoms with E-state index in [0.717, 1.165) is 22.5 Å². The average Bonchev–Trinajstić information content (AvgIpc) is 3.24. The van der Waals surface area contributed by atoms with Crippen LogP contribution in [0.4, 0.5) is 11.5 Å². The molecule has 1 aromatic heterocycles. The molecule has 1 spiro atoms. The topological polar surface area (TPSA) is 67.2 Å². The molecule has 0 fully saturated rings. The van der Waals surface area contributed by atoms with Crippen molar-refractivity contribution in [2.75, 3.05) is 16.8 Å². The summed E-state index contributed by atoms with van der Waals surface area (Å²) < 4.78 is 1.68. The normalized spacial score (nSPS) is 20.1. The first-order valence-corrected chi connectivity index (χ1v) is 9.13. The first kappa shape index (κ1) is 16.5. The van der Waals surface area contributed by atoms with Crippen LogP contribution >= 0.6 is 0 Å². The number of anilines is 2. The van der Waals surface area contributed by atoms with Crippen molar-refractivity contribution in [1.29, 1.82) is 0 Å². The van der Waals surface area contributed by atoms with Crippen molar-refractivity contribution in [2.24, 2.45) is 0 Å². The third kappa shape index (κ3) is 2.05. The van der Waals surface area contributed by atoms with Crippen LogP contribution in [0.15, 0.2) is 73.4 Å². The monoisotopic (exact) mass is 370 g/mol. The van der Waals surface area contributed by atoms with Gasteiger partial charge in [-0.25, -0.2) is 4.68 Å². The summed E-state index contributed by atoms with van der Waals surface area (Å²) in [6.07, 6.45) is 3.46. The van der Waals surface area contributed by atoms with E-state index in [1.807, 2.05) is 54.6 Å². The molecule has 0 saturated heterocycles. The summed E-state index contributed by atoms with van der Waals surface area (Å²) in [4.78, 5) is 28.1. The van der Waals surface area contributed by atoms with Crippen molar-refractivity contribution in [3.05, 3.63) is 84.6 Å². The Morgan fingerprint density at radius 3 is 2.61 bits per heavy atom. The minimum atomic E-state index is -1.07. The number of fused-ring (bicyclic) bond motifs is 4. The van der Waals surface area contributed by atoms with E-state index in [9.17, 15) is 9.59 Å². The van der Waals surface area contributed by atoms with E-state index in [4.69, 9.17) is 0 Å². The van der Waals surface area contributed by atoms with E-state index < -0.39 is 5.41 Å². The molecule has 0 bridgehead atoms. The van der Waals surface area contributed by atoms with Crippen molar-refractivity contribution < 1.29 is 9.59 Å². The van der Waals surface area contributed by atoms with Crippen LogP contribution < -0.4 is 10.2 Å². The molecule has 6 heteroatoms. The Bertz CT molecular complexity index is 1120. The number of para-hydroxylation sites is 2. The van der Waals surface area contributed by atoms with Gasteiger partial charge in [-0.1, -0.05) is 42.5 Å². The fourth-order valence-electron chi connectivity index (χ4n) is 4.32. The predicted octanol–water partition coefficient (Wildman–Crippen LogP) is 3.03. The Morgan fingerprint density at radius 1 is 1.07 bits per heavy atom. The highest BCUT2D eigenvalue weighted by molar-refractivity contribution is 6.15. The van der Waals surface area contributed by atoms with E-state index in [2.05, 4.69) is 17.0 Å². The summed E-state index contributed by atoms with van der Waals surface area (Å²) in [5.74, 6) is 0.233. The fourth-order valence-corrected chi connectivity index (χ4v) is 4.32. The summed E-state index contributed by atoms with van der Waals surface area (Å²) in [6.45, 7) is 4.17. The van der Waals surface area contributed by atoms with Gasteiger partial charge in [0.25, 0.3) is 0 Å². The minimum absolute atomic E-state index is 0.0595. The van der Waals surface area contributed by atoms with Crippen molar-refractivity contribution in [1.82, 2.24) is 9.78 Å². The molecule has 2 amide bonds. The number of aromatic nitrogens is 2. The first-order chi connectivity index (χ1) is 13.7. The smallest absolute Gasteiger partial charge is 0.243 e. The van der Waals surface area contributed by atoms with Crippen molar-refractivity contribution in [2.45, 2.75) is 11.8 Å². The number of nitrogens with zero attached hydrogens (tertiary/aromatic N) is 3. The molecule has 0 radical (unpaired) electrons. The van der Waals surface area contributed by atoms with Crippen LogP contribution in [0.5, 0.6) is 0 Å². The minimum Gasteiger partial charge on any atom is -0.310 e. The second-order valence-corrected chi connectivity index (χ2v) is 7.01. The lowest BCUT2D eigenvalue weighted by Crippen LogP contribution is -2.46. The number of benzene rings is 2. The SMILES string of the molecule is C=CCN1C(=O)[C@@]2(CC(=O)Nc3c2cnn3-c2ccccc2)c2ccccc21. The molecule has 0 unspecified atom stereocenters. The van der Waals surface area contributed by atoms with E-state index in [-0.39, 0.29) is 18.2 Å². The van der Waals surface area contributed by atoms with Gasteiger partial charge < -0.3 is 10.2 Å². The molecule has 2 aromatic carbocycles. The van der Waals surface area contributed by atoms with Gasteiger partial charge in [-0.3, -0.25) is 9.59 Å². The molecule has 138 valence electrons. The van der Waals surface area contributed by atoms with Crippen LogP contribution in [0.2, 0.25) is 0 Å². The zero-order chi connectivity index (χ0) is 19.3. The third-order valence-electron chi connectivity index (χ3n) is 5.49. The van der Waals surface area contributed by atoms with Crippen molar-refractivity contribution in [3.63, 3.8) is 0 Å². The lowest BCUT2D eigenvalue weighted by Gasteiger charge is -2.32. The molecule has 5 rings (SSSR count). The molecule has 0 saturated carbocycles. The lowest BCUT2D eigenvalue weighted by molar-refractivity contribution is -0.126. The van der Waals surface area contributed by atoms with Gasteiger partial charge in [0.1, 0.15) is 11.2 Å². The van der Waals surface area contributed by atoms with E-state index in [0.29, 0.717) is 12.4 Å². The van der Waals surface area contributed by atoms with Gasteiger partial charge in [-0.2, -0.15) is 5.10 Å². The number of carbonyl (C=O) groups excluding carboxylic acids is 2. The Kier molecular flexibility index (Phi) is 3.49. The van der Waals surface area contributed by atoms with E-state index in [1.54, 1.807) is 21.9 Å². The second-order valence-electron chi connectivity index (χ2n) is 7.01. The second kappa shape index (κ2) is 5.92. The van der Waals surface area contributed by atoms with Gasteiger partial charge in [0.15, 0.2) is 0 Å². The van der Waals surface area contributed by atoms with Gasteiger partial charge in [0.2, 0.25) is 11.8 Å². The third-order valence-corrected chi connectivity index (χ3v) is 5.49. The molecule has 3 heterocycles. The maximum atomic E-state index is 13.6. The van der Waals surface area contributed by atoms with Crippen molar-refractivity contribution >= 4 is 23.3 Å². The molecule has 3 aromatic rings. The molecular weight excluding hydrogens is 352 g/mol. The number of amides is 2. The Hall–Kier alpha value is -3.67. The van der Waals surface area contributed by atoms with Crippen LogP contribution in [0.3, 0.4) is 0 Å². The van der Waals surface area contributed by atoms with Crippen LogP contribution in [-0.2, 0) is 15.0 Å². The zero-order valence-corrected chi connectivity index (χ0v) is 15.1. The van der Waals surface area contributed by atoms with Crippen LogP contribution in [-0.4, -0.2) is 28.1 Å². The van der Waals surface area contributed by atoms with E-state index in [1.165, 1.54) is 0 Å². The summed E-state index contributed by atoms with van der Waals surface area (Å²) in [7, 11) is 0. The number of nitrogens with one attached hydrogen (secondary N) is 1. The van der Waals surface area contributed by atoms with E-state index >= 15 is 0 Å². The molecule has 1 N–H and O–H groups in total. The standard InChI is InChI=1S/C22H18N4O2/c1-2-12-25-18-11-7-6-10-16(18)22(21(25)28)13-19(27)24-20-17(22)14-23-26(20)15-8-4-3-5-9-15/h2-11,14H,1,12-13H2,(H,24,27)/t22-/m0/s1. The summed E-state index contributed by atoms with van der Waals surface area (Å²) >= 11 is 0. The summed E-state index contributed by atoms with van der Waals surface area (Å²) in [6, 6.07) is 17.2. The van der Waals surface area contributed by atoms with Gasteiger partial charge in [-0.15, -0.1) is 6.58 Å². The fraction of sp³-hybridized carbons (Fsp3) is 0.136. The molecular formula is C22H18N4O2. The first-order valence-electron chi connectivity index (χ1n) is 9.13. The van der Waals surface area contributed by atoms with Gasteiger partial charge in [-0.05, 0) is 23.8 Å². The van der Waals surface area contributed by atoms with Crippen LogP contribution in [0, 0.1) is 0 Å². The molecule has 6 nitrogen and oxygen atoms in total. The average molecular weight is 370 g/mol. The maximum Gasteiger partial charge on any atom is 0.243 e. The number of carbonyl (C=O) groups is 2. The highest BCUT2D eigenvalue weighted by atomic mass is 16.2. The number of hydrogen-bond acceptors (Lipinski definition) is 3. The largest absolute Gasteiger partial charge is 0.310 e. The maximum absolute atomic E-state index is 13.6. The van der Waals surface area contributed by atoms with Gasteiger partial charge in [0, 0.05) is 24.2 Å². The number of rotatable bonds is 3. The predicted molar refractivity (Wildman–Crippen MR) is 107 cm³/mol. The quantitative estimate of drug-likeness (QED) is 0.721. The summed E-state index contributed by atoms with van der Waals surface area (Å²) in [5.41, 5.74) is 2.14. The Labute approximate surface area is 162 Å². The summed E-state index contributed by atoms with van der Waals surface area (Å²) in [5, 5.41) is 7.44. The molecule has 1 atom stereocenters. The molecule has 0 aliphatic carbocycles. The highest BCUT2D eigenvalue weighted by Crippen LogP contribution is 2.52. The van der Waals surface area contributed by atoms with Gasteiger partial charge >= 0.3 is 0 Å². The van der Waals surface area contributed by atoms with Crippen molar-refractivity contribution in [3.8, 4) is 5.69 Å². The Balaban J connectivity index is 1.77. The van der Waals surface area contributed by atoms with Gasteiger partial charge in [0.05, 0.1) is 11.9 Å². The van der Waals surface area contributed by atoms with Crippen LogP contribution in [0.25, 0.3) is 5.69 Å². The zero-order valence-electron chi connectivity index (χ0n) is 15.1. The lowest BCUT2D eigenvalue weighted by atomic mass is 9.72. The van der Waals surface area contributed by atoms with Crippen LogP contribution in [0.1, 0.15) is 17.5 Å².